The Labute approximate surface area is 145 Å². The number of hydrogen-bond acceptors (Lipinski definition) is 3. The first-order chi connectivity index (χ1) is 11.5. The van der Waals surface area contributed by atoms with Gasteiger partial charge in [0, 0.05) is 11.3 Å². The minimum Gasteiger partial charge on any atom is -0.477 e. The molecule has 0 radical (unpaired) electrons. The Morgan fingerprint density at radius 3 is 2.54 bits per heavy atom. The van der Waals surface area contributed by atoms with Gasteiger partial charge < -0.3 is 5.11 Å². The second kappa shape index (κ2) is 6.40. The summed E-state index contributed by atoms with van der Waals surface area (Å²) in [6, 6.07) is 6.39. The highest BCUT2D eigenvalue weighted by molar-refractivity contribution is 7.19. The maximum atomic E-state index is 11.6. The lowest BCUT2D eigenvalue weighted by atomic mass is 10.0. The number of hydrogen-bond donors (Lipinski definition) is 1. The lowest BCUT2D eigenvalue weighted by molar-refractivity contribution is 0.0700. The Morgan fingerprint density at radius 1 is 1.21 bits per heavy atom. The van der Waals surface area contributed by atoms with E-state index in [4.69, 9.17) is 4.98 Å². The summed E-state index contributed by atoms with van der Waals surface area (Å²) in [4.78, 5) is 17.6. The number of nitrogens with zero attached hydrogens (tertiary/aromatic N) is 2. The first kappa shape index (κ1) is 16.7. The van der Waals surface area contributed by atoms with Crippen LogP contribution >= 0.6 is 11.3 Å². The van der Waals surface area contributed by atoms with Crippen LogP contribution in [0.5, 0.6) is 0 Å². The van der Waals surface area contributed by atoms with Crippen LogP contribution in [0.4, 0.5) is 0 Å². The standard InChI is InChI=1S/C19H22N2O2S/c1-5-7-15-17(18(22)23)24-19-20-16(14(6-2)21(15)19)13-9-8-11(3)12(4)10-13/h8-10H,5-7H2,1-4H3,(H,22,23). The highest BCUT2D eigenvalue weighted by Gasteiger charge is 2.23. The van der Waals surface area contributed by atoms with Gasteiger partial charge in [-0.15, -0.1) is 0 Å². The average molecular weight is 342 g/mol. The fourth-order valence-corrected chi connectivity index (χ4v) is 4.13. The maximum absolute atomic E-state index is 11.6. The molecule has 0 saturated heterocycles. The summed E-state index contributed by atoms with van der Waals surface area (Å²) < 4.78 is 2.07. The third-order valence-corrected chi connectivity index (χ3v) is 5.53. The topological polar surface area (TPSA) is 54.6 Å². The van der Waals surface area contributed by atoms with Gasteiger partial charge in [-0.25, -0.2) is 9.78 Å². The Hall–Kier alpha value is -2.14. The van der Waals surface area contributed by atoms with Crippen LogP contribution in [0.25, 0.3) is 16.2 Å². The van der Waals surface area contributed by atoms with Crippen LogP contribution in [0, 0.1) is 13.8 Å². The van der Waals surface area contributed by atoms with Crippen LogP contribution in [0.2, 0.25) is 0 Å². The van der Waals surface area contributed by atoms with Gasteiger partial charge in [0.2, 0.25) is 0 Å². The van der Waals surface area contributed by atoms with Gasteiger partial charge in [-0.3, -0.25) is 4.40 Å². The molecule has 126 valence electrons. The van der Waals surface area contributed by atoms with Crippen molar-refractivity contribution in [2.75, 3.05) is 0 Å². The molecule has 0 unspecified atom stereocenters. The normalized spacial score (nSPS) is 11.3. The van der Waals surface area contributed by atoms with Gasteiger partial charge in [-0.2, -0.15) is 0 Å². The first-order valence-corrected chi connectivity index (χ1v) is 9.13. The fraction of sp³-hybridized carbons (Fsp3) is 0.368. The molecule has 24 heavy (non-hydrogen) atoms. The van der Waals surface area contributed by atoms with Crippen LogP contribution in [0.1, 0.15) is 52.5 Å². The van der Waals surface area contributed by atoms with Crippen molar-refractivity contribution >= 4 is 22.3 Å². The van der Waals surface area contributed by atoms with E-state index in [1.165, 1.54) is 22.5 Å². The molecule has 0 amide bonds. The Bertz CT molecular complexity index is 921. The van der Waals surface area contributed by atoms with E-state index in [0.717, 1.165) is 46.9 Å². The van der Waals surface area contributed by atoms with E-state index in [9.17, 15) is 9.90 Å². The molecule has 1 N–H and O–H groups in total. The number of benzene rings is 1. The molecule has 0 bridgehead atoms. The number of carboxylic acids is 1. The highest BCUT2D eigenvalue weighted by Crippen LogP contribution is 2.33. The maximum Gasteiger partial charge on any atom is 0.347 e. The van der Waals surface area contributed by atoms with E-state index in [1.807, 2.05) is 0 Å². The monoisotopic (exact) mass is 342 g/mol. The lowest BCUT2D eigenvalue weighted by Crippen LogP contribution is -2.04. The average Bonchev–Trinajstić information content (AvgIpc) is 3.07. The number of aromatic nitrogens is 2. The van der Waals surface area contributed by atoms with E-state index in [2.05, 4.69) is 50.3 Å². The molecule has 0 spiro atoms. The molecular weight excluding hydrogens is 320 g/mol. The van der Waals surface area contributed by atoms with Gasteiger partial charge in [0.05, 0.1) is 11.4 Å². The summed E-state index contributed by atoms with van der Waals surface area (Å²) in [7, 11) is 0. The fourth-order valence-electron chi connectivity index (χ4n) is 3.10. The van der Waals surface area contributed by atoms with Gasteiger partial charge in [0.25, 0.3) is 0 Å². The molecule has 5 heteroatoms. The number of carbonyl (C=O) groups is 1. The number of thiazole rings is 1. The summed E-state index contributed by atoms with van der Waals surface area (Å²) >= 11 is 1.28. The van der Waals surface area contributed by atoms with Crippen LogP contribution in [0.3, 0.4) is 0 Å². The largest absolute Gasteiger partial charge is 0.477 e. The zero-order chi connectivity index (χ0) is 17.4. The minimum atomic E-state index is -0.858. The van der Waals surface area contributed by atoms with Crippen molar-refractivity contribution in [3.63, 3.8) is 0 Å². The highest BCUT2D eigenvalue weighted by atomic mass is 32.1. The van der Waals surface area contributed by atoms with Crippen LogP contribution < -0.4 is 0 Å². The van der Waals surface area contributed by atoms with Gasteiger partial charge in [-0.05, 0) is 43.9 Å². The van der Waals surface area contributed by atoms with E-state index in [1.54, 1.807) is 0 Å². The molecule has 0 atom stereocenters. The van der Waals surface area contributed by atoms with Crippen molar-refractivity contribution in [1.29, 1.82) is 0 Å². The van der Waals surface area contributed by atoms with Gasteiger partial charge in [0.15, 0.2) is 4.96 Å². The molecule has 2 heterocycles. The first-order valence-electron chi connectivity index (χ1n) is 8.31. The zero-order valence-corrected chi connectivity index (χ0v) is 15.3. The third-order valence-electron chi connectivity index (χ3n) is 4.46. The minimum absolute atomic E-state index is 0.417. The Morgan fingerprint density at radius 2 is 1.96 bits per heavy atom. The zero-order valence-electron chi connectivity index (χ0n) is 14.5. The quantitative estimate of drug-likeness (QED) is 0.718. The molecule has 0 aliphatic carbocycles. The molecule has 1 aromatic carbocycles. The van der Waals surface area contributed by atoms with Crippen molar-refractivity contribution < 1.29 is 9.90 Å². The predicted octanol–water partition coefficient (Wildman–Crippen LogP) is 4.89. The molecule has 4 nitrogen and oxygen atoms in total. The molecule has 3 rings (SSSR count). The van der Waals surface area contributed by atoms with Gasteiger partial charge >= 0.3 is 5.97 Å². The van der Waals surface area contributed by atoms with Crippen molar-refractivity contribution in [2.45, 2.75) is 47.0 Å². The van der Waals surface area contributed by atoms with Gasteiger partial charge in [0.1, 0.15) is 4.88 Å². The van der Waals surface area contributed by atoms with Crippen molar-refractivity contribution in [1.82, 2.24) is 9.38 Å². The summed E-state index contributed by atoms with van der Waals surface area (Å²) in [6.45, 7) is 8.38. The lowest BCUT2D eigenvalue weighted by Gasteiger charge is -2.07. The number of imidazole rings is 1. The van der Waals surface area contributed by atoms with E-state index in [-0.39, 0.29) is 0 Å². The van der Waals surface area contributed by atoms with Crippen molar-refractivity contribution in [2.24, 2.45) is 0 Å². The summed E-state index contributed by atoms with van der Waals surface area (Å²) in [5.41, 5.74) is 6.56. The Balaban J connectivity index is 2.27. The Kier molecular flexibility index (Phi) is 4.45. The van der Waals surface area contributed by atoms with Crippen molar-refractivity contribution in [3.05, 3.63) is 45.6 Å². The van der Waals surface area contributed by atoms with Gasteiger partial charge in [-0.1, -0.05) is 43.7 Å². The van der Waals surface area contributed by atoms with E-state index in [0.29, 0.717) is 4.88 Å². The van der Waals surface area contributed by atoms with E-state index < -0.39 is 5.97 Å². The van der Waals surface area contributed by atoms with E-state index >= 15 is 0 Å². The summed E-state index contributed by atoms with van der Waals surface area (Å²) in [5.74, 6) is -0.858. The molecule has 0 aliphatic heterocycles. The molecule has 0 saturated carbocycles. The smallest absolute Gasteiger partial charge is 0.347 e. The summed E-state index contributed by atoms with van der Waals surface area (Å²) in [6.07, 6.45) is 2.47. The SMILES string of the molecule is CCCc1c(C(=O)O)sc2nc(-c3ccc(C)c(C)c3)c(CC)n12. The molecule has 2 aromatic heterocycles. The molecule has 3 aromatic rings. The molecule has 0 fully saturated rings. The third kappa shape index (κ3) is 2.63. The molecule has 0 aliphatic rings. The van der Waals surface area contributed by atoms with Crippen LogP contribution in [0.15, 0.2) is 18.2 Å². The van der Waals surface area contributed by atoms with Crippen LogP contribution in [-0.4, -0.2) is 20.5 Å². The number of aromatic carboxylic acids is 1. The second-order valence-electron chi connectivity index (χ2n) is 6.11. The number of rotatable bonds is 5. The number of aryl methyl sites for hydroxylation is 4. The second-order valence-corrected chi connectivity index (χ2v) is 7.09. The molecular formula is C19H22N2O2S. The summed E-state index contributed by atoms with van der Waals surface area (Å²) in [5, 5.41) is 9.50. The van der Waals surface area contributed by atoms with Crippen LogP contribution in [-0.2, 0) is 12.8 Å². The number of carboxylic acid groups (broad SMARTS) is 1. The van der Waals surface area contributed by atoms with Crippen molar-refractivity contribution in [3.8, 4) is 11.3 Å². The predicted molar refractivity (Wildman–Crippen MR) is 98.3 cm³/mol. The number of fused-ring (bicyclic) bond motifs is 1.